The third kappa shape index (κ3) is 1.06. The number of rotatable bonds is 0. The van der Waals surface area contributed by atoms with Crippen LogP contribution in [0.5, 0.6) is 0 Å². The van der Waals surface area contributed by atoms with Crippen LogP contribution < -0.4 is 0 Å². The number of allylic oxidation sites excluding steroid dienone is 1. The fourth-order valence-corrected chi connectivity index (χ4v) is 3.91. The van der Waals surface area contributed by atoms with E-state index in [2.05, 4.69) is 0 Å². The Morgan fingerprint density at radius 1 is 1.37 bits per heavy atom. The van der Waals surface area contributed by atoms with Crippen LogP contribution in [0.4, 0.5) is 0 Å². The standard InChI is InChI=1S/C15H14O4/c1-7-6-18-12-10(7)13-15(2)8(11(12)16)4-3-5-9(15)14(17)19-13/h5-6,8,13H,3-4H2,1-2H3/t8-,13+,15+/m1/s1. The van der Waals surface area contributed by atoms with Gasteiger partial charge in [0.05, 0.1) is 11.7 Å². The van der Waals surface area contributed by atoms with Gasteiger partial charge in [-0.25, -0.2) is 4.79 Å². The average molecular weight is 258 g/mol. The van der Waals surface area contributed by atoms with Crippen LogP contribution in [0.1, 0.15) is 47.6 Å². The zero-order chi connectivity index (χ0) is 13.4. The molecule has 2 aliphatic carbocycles. The number of furan rings is 1. The minimum Gasteiger partial charge on any atom is -0.461 e. The molecule has 0 N–H and O–H groups in total. The van der Waals surface area contributed by atoms with Gasteiger partial charge in [0, 0.05) is 17.1 Å². The van der Waals surface area contributed by atoms with Crippen molar-refractivity contribution in [2.45, 2.75) is 32.8 Å². The Kier molecular flexibility index (Phi) is 1.85. The Balaban J connectivity index is 2.04. The highest BCUT2D eigenvalue weighted by molar-refractivity contribution is 6.04. The first kappa shape index (κ1) is 11.0. The Bertz CT molecular complexity index is 651. The highest BCUT2D eigenvalue weighted by Crippen LogP contribution is 2.61. The summed E-state index contributed by atoms with van der Waals surface area (Å²) in [6.45, 7) is 3.86. The minimum absolute atomic E-state index is 0.0192. The molecule has 4 rings (SSSR count). The van der Waals surface area contributed by atoms with Crippen molar-refractivity contribution in [3.63, 3.8) is 0 Å². The summed E-state index contributed by atoms with van der Waals surface area (Å²) in [6.07, 6.45) is 4.65. The van der Waals surface area contributed by atoms with E-state index in [4.69, 9.17) is 9.15 Å². The van der Waals surface area contributed by atoms with Crippen LogP contribution >= 0.6 is 0 Å². The zero-order valence-corrected chi connectivity index (χ0v) is 10.9. The van der Waals surface area contributed by atoms with Gasteiger partial charge in [-0.1, -0.05) is 13.0 Å². The number of carbonyl (C=O) groups is 2. The van der Waals surface area contributed by atoms with Crippen LogP contribution in [-0.2, 0) is 9.53 Å². The van der Waals surface area contributed by atoms with E-state index >= 15 is 0 Å². The number of hydrogen-bond donors (Lipinski definition) is 0. The van der Waals surface area contributed by atoms with E-state index in [9.17, 15) is 9.59 Å². The zero-order valence-electron chi connectivity index (χ0n) is 10.9. The van der Waals surface area contributed by atoms with E-state index in [1.165, 1.54) is 0 Å². The van der Waals surface area contributed by atoms with Crippen molar-refractivity contribution in [3.8, 4) is 0 Å². The lowest BCUT2D eigenvalue weighted by atomic mass is 9.58. The summed E-state index contributed by atoms with van der Waals surface area (Å²) >= 11 is 0. The highest BCUT2D eigenvalue weighted by Gasteiger charge is 2.62. The molecule has 0 bridgehead atoms. The lowest BCUT2D eigenvalue weighted by Crippen LogP contribution is -2.43. The molecule has 0 amide bonds. The van der Waals surface area contributed by atoms with E-state index < -0.39 is 5.41 Å². The predicted molar refractivity (Wildman–Crippen MR) is 65.5 cm³/mol. The molecule has 0 saturated carbocycles. The summed E-state index contributed by atoms with van der Waals surface area (Å²) in [5.41, 5.74) is 1.80. The maximum absolute atomic E-state index is 12.6. The predicted octanol–water partition coefficient (Wildman–Crippen LogP) is 2.72. The summed E-state index contributed by atoms with van der Waals surface area (Å²) in [5, 5.41) is 0. The largest absolute Gasteiger partial charge is 0.461 e. The number of ketones is 1. The first-order valence-corrected chi connectivity index (χ1v) is 6.59. The minimum atomic E-state index is -0.520. The van der Waals surface area contributed by atoms with Gasteiger partial charge in [-0.2, -0.15) is 0 Å². The quantitative estimate of drug-likeness (QED) is 0.671. The molecular weight excluding hydrogens is 244 g/mol. The third-order valence-corrected chi connectivity index (χ3v) is 4.92. The van der Waals surface area contributed by atoms with Crippen molar-refractivity contribution in [3.05, 3.63) is 34.8 Å². The van der Waals surface area contributed by atoms with Crippen molar-refractivity contribution in [2.75, 3.05) is 0 Å². The van der Waals surface area contributed by atoms with Gasteiger partial charge in [-0.15, -0.1) is 0 Å². The number of ether oxygens (including phenoxy) is 1. The van der Waals surface area contributed by atoms with Gasteiger partial charge in [-0.3, -0.25) is 4.79 Å². The molecule has 4 heteroatoms. The Labute approximate surface area is 110 Å². The maximum atomic E-state index is 12.6. The molecule has 2 heterocycles. The Hall–Kier alpha value is -1.84. The van der Waals surface area contributed by atoms with Crippen LogP contribution in [0.25, 0.3) is 0 Å². The van der Waals surface area contributed by atoms with E-state index in [-0.39, 0.29) is 23.8 Å². The summed E-state index contributed by atoms with van der Waals surface area (Å²) in [4.78, 5) is 24.7. The van der Waals surface area contributed by atoms with Crippen LogP contribution in [0.3, 0.4) is 0 Å². The second kappa shape index (κ2) is 3.18. The van der Waals surface area contributed by atoms with Gasteiger partial charge in [0.1, 0.15) is 6.10 Å². The lowest BCUT2D eigenvalue weighted by molar-refractivity contribution is -0.140. The van der Waals surface area contributed by atoms with Gasteiger partial charge < -0.3 is 9.15 Å². The molecule has 3 atom stereocenters. The summed E-state index contributed by atoms with van der Waals surface area (Å²) in [7, 11) is 0. The molecular formula is C15H14O4. The monoisotopic (exact) mass is 258 g/mol. The van der Waals surface area contributed by atoms with E-state index in [0.717, 1.165) is 24.0 Å². The first-order chi connectivity index (χ1) is 9.05. The molecule has 1 fully saturated rings. The van der Waals surface area contributed by atoms with Crippen molar-refractivity contribution in [2.24, 2.45) is 11.3 Å². The molecule has 98 valence electrons. The Morgan fingerprint density at radius 3 is 2.95 bits per heavy atom. The average Bonchev–Trinajstić information content (AvgIpc) is 2.86. The van der Waals surface area contributed by atoms with Gasteiger partial charge in [-0.05, 0) is 25.3 Å². The molecule has 1 aromatic rings. The summed E-state index contributed by atoms with van der Waals surface area (Å²) in [5.74, 6) is -0.0767. The fourth-order valence-electron chi connectivity index (χ4n) is 3.91. The maximum Gasteiger partial charge on any atom is 0.335 e. The SMILES string of the molecule is Cc1coc2c1[C@@H]1OC(=O)C3=CCC[C@H](C2=O)[C@@]31C. The molecule has 19 heavy (non-hydrogen) atoms. The van der Waals surface area contributed by atoms with Gasteiger partial charge in [0.2, 0.25) is 5.78 Å². The molecule has 1 aromatic heterocycles. The van der Waals surface area contributed by atoms with E-state index in [1.54, 1.807) is 6.26 Å². The van der Waals surface area contributed by atoms with Gasteiger partial charge in [0.25, 0.3) is 0 Å². The number of aryl methyl sites for hydroxylation is 1. The van der Waals surface area contributed by atoms with Crippen molar-refractivity contribution >= 4 is 11.8 Å². The highest BCUT2D eigenvalue weighted by atomic mass is 16.6. The second-order valence-corrected chi connectivity index (χ2v) is 5.84. The molecule has 0 spiro atoms. The number of hydrogen-bond acceptors (Lipinski definition) is 4. The molecule has 0 unspecified atom stereocenters. The van der Waals surface area contributed by atoms with E-state index in [0.29, 0.717) is 11.3 Å². The van der Waals surface area contributed by atoms with Crippen LogP contribution in [0.2, 0.25) is 0 Å². The number of carbonyl (C=O) groups excluding carboxylic acids is 2. The third-order valence-electron chi connectivity index (χ3n) is 4.92. The molecule has 3 aliphatic rings. The molecule has 0 aromatic carbocycles. The molecule has 1 aliphatic heterocycles. The number of fused-ring (bicyclic) bond motifs is 2. The van der Waals surface area contributed by atoms with Gasteiger partial charge in [0.15, 0.2) is 5.76 Å². The van der Waals surface area contributed by atoms with Crippen LogP contribution in [0.15, 0.2) is 22.3 Å². The smallest absolute Gasteiger partial charge is 0.335 e. The van der Waals surface area contributed by atoms with Crippen molar-refractivity contribution in [1.29, 1.82) is 0 Å². The van der Waals surface area contributed by atoms with Crippen molar-refractivity contribution in [1.82, 2.24) is 0 Å². The normalized spacial score (nSPS) is 35.6. The second-order valence-electron chi connectivity index (χ2n) is 5.84. The number of Topliss-reactive ketones (excluding diaryl/α,β-unsaturated/α-hetero) is 1. The van der Waals surface area contributed by atoms with Crippen LogP contribution in [0, 0.1) is 18.3 Å². The molecule has 4 nitrogen and oxygen atoms in total. The van der Waals surface area contributed by atoms with Crippen LogP contribution in [-0.4, -0.2) is 11.8 Å². The molecule has 1 saturated heterocycles. The summed E-state index contributed by atoms with van der Waals surface area (Å²) in [6, 6.07) is 0. The van der Waals surface area contributed by atoms with E-state index in [1.807, 2.05) is 19.9 Å². The topological polar surface area (TPSA) is 56.5 Å². The molecule has 0 radical (unpaired) electrons. The lowest BCUT2D eigenvalue weighted by Gasteiger charge is -2.41. The fraction of sp³-hybridized carbons (Fsp3) is 0.467. The van der Waals surface area contributed by atoms with Crippen molar-refractivity contribution < 1.29 is 18.7 Å². The van der Waals surface area contributed by atoms with Gasteiger partial charge >= 0.3 is 5.97 Å². The number of esters is 1. The first-order valence-electron chi connectivity index (χ1n) is 6.59. The Morgan fingerprint density at radius 2 is 2.16 bits per heavy atom. The summed E-state index contributed by atoms with van der Waals surface area (Å²) < 4.78 is 11.0.